The van der Waals surface area contributed by atoms with Gasteiger partial charge >= 0.3 is 0 Å². The average Bonchev–Trinajstić information content (AvgIpc) is 2.47. The van der Waals surface area contributed by atoms with Crippen molar-refractivity contribution in [3.8, 4) is 0 Å². The Morgan fingerprint density at radius 3 is 2.92 bits per heavy atom. The number of nitrogens with zero attached hydrogens (tertiary/aromatic N) is 2. The fourth-order valence-corrected chi connectivity index (χ4v) is 1.97. The summed E-state index contributed by atoms with van der Waals surface area (Å²) < 4.78 is 0. The van der Waals surface area contributed by atoms with Gasteiger partial charge in [0.2, 0.25) is 5.91 Å². The summed E-state index contributed by atoms with van der Waals surface area (Å²) in [4.78, 5) is 17.5. The minimum Gasteiger partial charge on any atom is -0.296 e. The van der Waals surface area contributed by atoms with Gasteiger partial charge in [0.05, 0.1) is 0 Å². The smallest absolute Gasteiger partial charge is 0.229 e. The Bertz CT molecular complexity index is 315. The highest BCUT2D eigenvalue weighted by Gasteiger charge is 2.29. The fraction of sp³-hybridized carbons (Fsp3) is 0.333. The number of hydrogen-bond donors (Lipinski definition) is 0. The normalized spacial score (nSPS) is 22.4. The van der Waals surface area contributed by atoms with Crippen LogP contribution in [0.1, 0.15) is 6.42 Å². The molecule has 0 bridgehead atoms. The van der Waals surface area contributed by atoms with Gasteiger partial charge in [-0.25, -0.2) is 4.98 Å². The van der Waals surface area contributed by atoms with Crippen molar-refractivity contribution in [2.45, 2.75) is 11.2 Å². The number of aromatic nitrogens is 1. The molecule has 1 aliphatic heterocycles. The molecule has 2 heterocycles. The van der Waals surface area contributed by atoms with Gasteiger partial charge in [0.25, 0.3) is 0 Å². The van der Waals surface area contributed by atoms with Crippen molar-refractivity contribution in [3.63, 3.8) is 0 Å². The van der Waals surface area contributed by atoms with Crippen molar-refractivity contribution >= 4 is 27.7 Å². The van der Waals surface area contributed by atoms with E-state index < -0.39 is 0 Å². The molecule has 3 nitrogen and oxygen atoms in total. The predicted molar refractivity (Wildman–Crippen MR) is 53.9 cm³/mol. The third-order valence-electron chi connectivity index (χ3n) is 2.00. The lowest BCUT2D eigenvalue weighted by atomic mass is 10.4. The number of rotatable bonds is 1. The minimum absolute atomic E-state index is 0.139. The van der Waals surface area contributed by atoms with Crippen LogP contribution in [0.15, 0.2) is 24.4 Å². The maximum Gasteiger partial charge on any atom is 0.229 e. The van der Waals surface area contributed by atoms with Crippen LogP contribution in [0.5, 0.6) is 0 Å². The number of alkyl halides is 1. The molecule has 68 valence electrons. The standard InChI is InChI=1S/C9H9BrN2O/c10-7-5-9(13)12(6-7)8-3-1-2-4-11-8/h1-4,7H,5-6H2. The van der Waals surface area contributed by atoms with Gasteiger partial charge < -0.3 is 0 Å². The van der Waals surface area contributed by atoms with E-state index in [0.717, 1.165) is 12.4 Å². The highest BCUT2D eigenvalue weighted by atomic mass is 79.9. The predicted octanol–water partition coefficient (Wildman–Crippen LogP) is 1.58. The second kappa shape index (κ2) is 3.46. The van der Waals surface area contributed by atoms with E-state index in [1.165, 1.54) is 0 Å². The summed E-state index contributed by atoms with van der Waals surface area (Å²) in [5.41, 5.74) is 0. The lowest BCUT2D eigenvalue weighted by Gasteiger charge is -2.13. The Kier molecular flexibility index (Phi) is 2.31. The van der Waals surface area contributed by atoms with Crippen molar-refractivity contribution in [1.82, 2.24) is 4.98 Å². The topological polar surface area (TPSA) is 33.2 Å². The summed E-state index contributed by atoms with van der Waals surface area (Å²) in [5, 5.41) is 0. The van der Waals surface area contributed by atoms with E-state index in [1.807, 2.05) is 18.2 Å². The van der Waals surface area contributed by atoms with E-state index >= 15 is 0 Å². The summed E-state index contributed by atoms with van der Waals surface area (Å²) in [6.45, 7) is 0.718. The maximum atomic E-state index is 11.4. The average molecular weight is 241 g/mol. The molecule has 0 aromatic carbocycles. The summed E-state index contributed by atoms with van der Waals surface area (Å²) in [6.07, 6.45) is 2.26. The first-order chi connectivity index (χ1) is 6.27. The van der Waals surface area contributed by atoms with Crippen LogP contribution in [-0.2, 0) is 4.79 Å². The second-order valence-corrected chi connectivity index (χ2v) is 4.29. The van der Waals surface area contributed by atoms with Crippen LogP contribution in [-0.4, -0.2) is 22.3 Å². The molecule has 1 atom stereocenters. The van der Waals surface area contributed by atoms with Gasteiger partial charge in [-0.05, 0) is 12.1 Å². The highest BCUT2D eigenvalue weighted by Crippen LogP contribution is 2.22. The quantitative estimate of drug-likeness (QED) is 0.699. The molecule has 1 fully saturated rings. The van der Waals surface area contributed by atoms with Gasteiger partial charge in [0.1, 0.15) is 5.82 Å². The molecule has 0 aliphatic carbocycles. The summed E-state index contributed by atoms with van der Waals surface area (Å²) in [6, 6.07) is 5.58. The first-order valence-corrected chi connectivity index (χ1v) is 5.04. The van der Waals surface area contributed by atoms with Gasteiger partial charge in [-0.2, -0.15) is 0 Å². The van der Waals surface area contributed by atoms with Gasteiger partial charge in [0, 0.05) is 24.0 Å². The molecular formula is C9H9BrN2O. The number of carbonyl (C=O) groups excluding carboxylic acids is 1. The van der Waals surface area contributed by atoms with Crippen LogP contribution >= 0.6 is 15.9 Å². The van der Waals surface area contributed by atoms with Gasteiger partial charge in [-0.15, -0.1) is 0 Å². The number of amides is 1. The van der Waals surface area contributed by atoms with Crippen LogP contribution in [0.4, 0.5) is 5.82 Å². The molecular weight excluding hydrogens is 232 g/mol. The zero-order valence-electron chi connectivity index (χ0n) is 6.98. The van der Waals surface area contributed by atoms with E-state index in [-0.39, 0.29) is 10.7 Å². The molecule has 1 aromatic heterocycles. The molecule has 13 heavy (non-hydrogen) atoms. The SMILES string of the molecule is O=C1CC(Br)CN1c1ccccn1. The Hall–Kier alpha value is -0.900. The van der Waals surface area contributed by atoms with Gasteiger partial charge in [-0.1, -0.05) is 22.0 Å². The Labute approximate surface area is 84.9 Å². The molecule has 1 amide bonds. The molecule has 0 N–H and O–H groups in total. The van der Waals surface area contributed by atoms with Crippen LogP contribution < -0.4 is 4.90 Å². The first-order valence-electron chi connectivity index (χ1n) is 4.13. The summed E-state index contributed by atoms with van der Waals surface area (Å²) >= 11 is 3.43. The van der Waals surface area contributed by atoms with Crippen molar-refractivity contribution in [1.29, 1.82) is 0 Å². The number of hydrogen-bond acceptors (Lipinski definition) is 2. The van der Waals surface area contributed by atoms with E-state index in [9.17, 15) is 4.79 Å². The van der Waals surface area contributed by atoms with Crippen LogP contribution in [0, 0.1) is 0 Å². The summed E-state index contributed by atoms with van der Waals surface area (Å²) in [5.74, 6) is 0.884. The maximum absolute atomic E-state index is 11.4. The first kappa shape index (κ1) is 8.69. The molecule has 1 unspecified atom stereocenters. The molecule has 4 heteroatoms. The van der Waals surface area contributed by atoms with Crippen molar-refractivity contribution < 1.29 is 4.79 Å². The monoisotopic (exact) mass is 240 g/mol. The Balaban J connectivity index is 2.23. The van der Waals surface area contributed by atoms with Crippen LogP contribution in [0.25, 0.3) is 0 Å². The highest BCUT2D eigenvalue weighted by molar-refractivity contribution is 9.09. The molecule has 0 spiro atoms. The summed E-state index contributed by atoms with van der Waals surface area (Å²) in [7, 11) is 0. The molecule has 0 radical (unpaired) electrons. The Morgan fingerprint density at radius 2 is 2.38 bits per heavy atom. The van der Waals surface area contributed by atoms with Gasteiger partial charge in [-0.3, -0.25) is 9.69 Å². The molecule has 1 saturated heterocycles. The van der Waals surface area contributed by atoms with Crippen molar-refractivity contribution in [2.24, 2.45) is 0 Å². The largest absolute Gasteiger partial charge is 0.296 e. The van der Waals surface area contributed by atoms with Crippen molar-refractivity contribution in [2.75, 3.05) is 11.4 Å². The van der Waals surface area contributed by atoms with E-state index in [1.54, 1.807) is 11.1 Å². The minimum atomic E-state index is 0.139. The molecule has 0 saturated carbocycles. The number of anilines is 1. The zero-order valence-corrected chi connectivity index (χ0v) is 8.57. The van der Waals surface area contributed by atoms with Crippen molar-refractivity contribution in [3.05, 3.63) is 24.4 Å². The third-order valence-corrected chi connectivity index (χ3v) is 2.62. The second-order valence-electron chi connectivity index (χ2n) is 2.99. The molecule has 2 rings (SSSR count). The van der Waals surface area contributed by atoms with Crippen LogP contribution in [0.2, 0.25) is 0 Å². The lowest BCUT2D eigenvalue weighted by molar-refractivity contribution is -0.117. The van der Waals surface area contributed by atoms with Crippen LogP contribution in [0.3, 0.4) is 0 Å². The lowest BCUT2D eigenvalue weighted by Crippen LogP contribution is -2.25. The zero-order chi connectivity index (χ0) is 9.26. The number of pyridine rings is 1. The van der Waals surface area contributed by atoms with E-state index in [0.29, 0.717) is 6.42 Å². The fourth-order valence-electron chi connectivity index (χ4n) is 1.40. The van der Waals surface area contributed by atoms with E-state index in [2.05, 4.69) is 20.9 Å². The number of carbonyl (C=O) groups is 1. The third kappa shape index (κ3) is 1.72. The van der Waals surface area contributed by atoms with Gasteiger partial charge in [0.15, 0.2) is 0 Å². The molecule has 1 aliphatic rings. The van der Waals surface area contributed by atoms with E-state index in [4.69, 9.17) is 0 Å². The molecule has 1 aromatic rings. The Morgan fingerprint density at radius 1 is 1.54 bits per heavy atom. The number of halogens is 1.